The molecule has 1 aromatic carbocycles. The molecule has 0 bridgehead atoms. The standard InChI is InChI=1S/C13H20FN/c1-4-11(5-2)15-10(3)12-8-6-7-9-13(12)14/h6-11,15H,4-5H2,1-3H3/t10-/m1/s1. The van der Waals surface area contributed by atoms with Crippen LogP contribution >= 0.6 is 0 Å². The highest BCUT2D eigenvalue weighted by Gasteiger charge is 2.12. The molecule has 0 amide bonds. The molecule has 1 rings (SSSR count). The molecule has 1 nitrogen and oxygen atoms in total. The first-order valence-electron chi connectivity index (χ1n) is 5.69. The third-order valence-corrected chi connectivity index (χ3v) is 2.84. The Morgan fingerprint density at radius 1 is 1.20 bits per heavy atom. The Hall–Kier alpha value is -0.890. The third kappa shape index (κ3) is 3.31. The van der Waals surface area contributed by atoms with Gasteiger partial charge < -0.3 is 5.32 Å². The molecule has 0 aliphatic heterocycles. The molecule has 1 aromatic rings. The average Bonchev–Trinajstić information content (AvgIpc) is 2.26. The van der Waals surface area contributed by atoms with Crippen LogP contribution in [0, 0.1) is 5.82 Å². The summed E-state index contributed by atoms with van der Waals surface area (Å²) in [4.78, 5) is 0. The lowest BCUT2D eigenvalue weighted by Crippen LogP contribution is -2.30. The van der Waals surface area contributed by atoms with Crippen LogP contribution in [0.1, 0.15) is 45.2 Å². The van der Waals surface area contributed by atoms with Crippen molar-refractivity contribution in [1.82, 2.24) is 5.32 Å². The highest BCUT2D eigenvalue weighted by atomic mass is 19.1. The molecular weight excluding hydrogens is 189 g/mol. The van der Waals surface area contributed by atoms with Crippen LogP contribution < -0.4 is 5.32 Å². The van der Waals surface area contributed by atoms with Crippen LogP contribution in [0.3, 0.4) is 0 Å². The van der Waals surface area contributed by atoms with Crippen LogP contribution in [0.2, 0.25) is 0 Å². The van der Waals surface area contributed by atoms with Gasteiger partial charge in [-0.2, -0.15) is 0 Å². The quantitative estimate of drug-likeness (QED) is 0.780. The number of hydrogen-bond donors (Lipinski definition) is 1. The van der Waals surface area contributed by atoms with E-state index in [2.05, 4.69) is 19.2 Å². The Bertz CT molecular complexity index is 294. The van der Waals surface area contributed by atoms with E-state index in [0.717, 1.165) is 18.4 Å². The van der Waals surface area contributed by atoms with Crippen molar-refractivity contribution in [2.75, 3.05) is 0 Å². The number of hydrogen-bond acceptors (Lipinski definition) is 1. The van der Waals surface area contributed by atoms with Crippen molar-refractivity contribution in [3.05, 3.63) is 35.6 Å². The smallest absolute Gasteiger partial charge is 0.127 e. The first kappa shape index (κ1) is 12.2. The summed E-state index contributed by atoms with van der Waals surface area (Å²) < 4.78 is 13.5. The molecule has 15 heavy (non-hydrogen) atoms. The molecular formula is C13H20FN. The van der Waals surface area contributed by atoms with Crippen LogP contribution in [-0.4, -0.2) is 6.04 Å². The molecule has 0 unspecified atom stereocenters. The lowest BCUT2D eigenvalue weighted by atomic mass is 10.1. The second kappa shape index (κ2) is 5.86. The Morgan fingerprint density at radius 2 is 1.80 bits per heavy atom. The highest BCUT2D eigenvalue weighted by Crippen LogP contribution is 2.17. The Morgan fingerprint density at radius 3 is 2.33 bits per heavy atom. The fourth-order valence-corrected chi connectivity index (χ4v) is 1.79. The minimum atomic E-state index is -0.122. The summed E-state index contributed by atoms with van der Waals surface area (Å²) in [5.74, 6) is -0.122. The van der Waals surface area contributed by atoms with E-state index in [0.29, 0.717) is 6.04 Å². The van der Waals surface area contributed by atoms with E-state index >= 15 is 0 Å². The number of nitrogens with one attached hydrogen (secondary N) is 1. The van der Waals surface area contributed by atoms with Gasteiger partial charge in [0.2, 0.25) is 0 Å². The van der Waals surface area contributed by atoms with E-state index in [1.165, 1.54) is 6.07 Å². The summed E-state index contributed by atoms with van der Waals surface area (Å²) in [6.07, 6.45) is 2.16. The predicted octanol–water partition coefficient (Wildman–Crippen LogP) is 3.66. The predicted molar refractivity (Wildman–Crippen MR) is 62.3 cm³/mol. The summed E-state index contributed by atoms with van der Waals surface area (Å²) in [6.45, 7) is 6.31. The molecule has 0 heterocycles. The van der Waals surface area contributed by atoms with Crippen LogP contribution in [0.15, 0.2) is 24.3 Å². The summed E-state index contributed by atoms with van der Waals surface area (Å²) in [5.41, 5.74) is 0.754. The zero-order valence-corrected chi connectivity index (χ0v) is 9.76. The highest BCUT2D eigenvalue weighted by molar-refractivity contribution is 5.20. The minimum Gasteiger partial charge on any atom is -0.307 e. The molecule has 84 valence electrons. The molecule has 0 saturated carbocycles. The van der Waals surface area contributed by atoms with Gasteiger partial charge in [0, 0.05) is 17.6 Å². The van der Waals surface area contributed by atoms with E-state index in [4.69, 9.17) is 0 Å². The summed E-state index contributed by atoms with van der Waals surface area (Å²) >= 11 is 0. The topological polar surface area (TPSA) is 12.0 Å². The number of halogens is 1. The van der Waals surface area contributed by atoms with Crippen molar-refractivity contribution >= 4 is 0 Å². The summed E-state index contributed by atoms with van der Waals surface area (Å²) in [7, 11) is 0. The Balaban J connectivity index is 2.68. The van der Waals surface area contributed by atoms with Gasteiger partial charge in [-0.3, -0.25) is 0 Å². The molecule has 0 saturated heterocycles. The molecule has 0 radical (unpaired) electrons. The lowest BCUT2D eigenvalue weighted by Gasteiger charge is -2.21. The van der Waals surface area contributed by atoms with Gasteiger partial charge in [-0.25, -0.2) is 4.39 Å². The van der Waals surface area contributed by atoms with Crippen molar-refractivity contribution < 1.29 is 4.39 Å². The first-order valence-corrected chi connectivity index (χ1v) is 5.69. The van der Waals surface area contributed by atoms with Crippen LogP contribution in [0.4, 0.5) is 4.39 Å². The summed E-state index contributed by atoms with van der Waals surface area (Å²) in [5, 5.41) is 3.43. The maximum Gasteiger partial charge on any atom is 0.127 e. The van der Waals surface area contributed by atoms with Gasteiger partial charge in [-0.15, -0.1) is 0 Å². The fourth-order valence-electron chi connectivity index (χ4n) is 1.79. The zero-order valence-electron chi connectivity index (χ0n) is 9.76. The number of benzene rings is 1. The minimum absolute atomic E-state index is 0.0797. The van der Waals surface area contributed by atoms with Crippen LogP contribution in [-0.2, 0) is 0 Å². The van der Waals surface area contributed by atoms with Gasteiger partial charge in [-0.1, -0.05) is 32.0 Å². The van der Waals surface area contributed by atoms with Crippen molar-refractivity contribution in [3.63, 3.8) is 0 Å². The molecule has 1 atom stereocenters. The van der Waals surface area contributed by atoms with Gasteiger partial charge in [0.25, 0.3) is 0 Å². The molecule has 0 aliphatic rings. The molecule has 0 fully saturated rings. The largest absolute Gasteiger partial charge is 0.307 e. The second-order valence-corrected chi connectivity index (χ2v) is 3.92. The van der Waals surface area contributed by atoms with Gasteiger partial charge in [0.15, 0.2) is 0 Å². The molecule has 0 aromatic heterocycles. The van der Waals surface area contributed by atoms with Crippen molar-refractivity contribution in [3.8, 4) is 0 Å². The van der Waals surface area contributed by atoms with Crippen LogP contribution in [0.5, 0.6) is 0 Å². The Labute approximate surface area is 91.7 Å². The monoisotopic (exact) mass is 209 g/mol. The second-order valence-electron chi connectivity index (χ2n) is 3.92. The first-order chi connectivity index (χ1) is 7.19. The van der Waals surface area contributed by atoms with E-state index in [1.807, 2.05) is 19.1 Å². The maximum absolute atomic E-state index is 13.5. The van der Waals surface area contributed by atoms with E-state index in [9.17, 15) is 4.39 Å². The SMILES string of the molecule is CCC(CC)N[C@H](C)c1ccccc1F. The van der Waals surface area contributed by atoms with Crippen molar-refractivity contribution in [2.24, 2.45) is 0 Å². The van der Waals surface area contributed by atoms with Gasteiger partial charge in [-0.05, 0) is 25.8 Å². The summed E-state index contributed by atoms with van der Waals surface area (Å²) in [6, 6.07) is 7.51. The molecule has 1 N–H and O–H groups in total. The Kier molecular flexibility index (Phi) is 4.76. The lowest BCUT2D eigenvalue weighted by molar-refractivity contribution is 0.422. The van der Waals surface area contributed by atoms with E-state index in [1.54, 1.807) is 6.07 Å². The van der Waals surface area contributed by atoms with Crippen LogP contribution in [0.25, 0.3) is 0 Å². The van der Waals surface area contributed by atoms with E-state index in [-0.39, 0.29) is 11.9 Å². The zero-order chi connectivity index (χ0) is 11.3. The number of rotatable bonds is 5. The third-order valence-electron chi connectivity index (χ3n) is 2.84. The fraction of sp³-hybridized carbons (Fsp3) is 0.538. The van der Waals surface area contributed by atoms with E-state index < -0.39 is 0 Å². The molecule has 2 heteroatoms. The van der Waals surface area contributed by atoms with Crippen molar-refractivity contribution in [2.45, 2.75) is 45.7 Å². The van der Waals surface area contributed by atoms with Gasteiger partial charge in [0.05, 0.1) is 0 Å². The maximum atomic E-state index is 13.5. The molecule has 0 spiro atoms. The average molecular weight is 209 g/mol. The van der Waals surface area contributed by atoms with Gasteiger partial charge in [0.1, 0.15) is 5.82 Å². The molecule has 0 aliphatic carbocycles. The normalized spacial score (nSPS) is 13.1. The van der Waals surface area contributed by atoms with Gasteiger partial charge >= 0.3 is 0 Å². The van der Waals surface area contributed by atoms with Crippen molar-refractivity contribution in [1.29, 1.82) is 0 Å².